The van der Waals surface area contributed by atoms with Gasteiger partial charge in [0, 0.05) is 24.1 Å². The van der Waals surface area contributed by atoms with Crippen LogP contribution in [0.25, 0.3) is 0 Å². The first-order valence-electron chi connectivity index (χ1n) is 10.2. The van der Waals surface area contributed by atoms with Gasteiger partial charge in [-0.05, 0) is 43.2 Å². The number of carboxylic acid groups (broad SMARTS) is 1. The van der Waals surface area contributed by atoms with Crippen LogP contribution in [0.5, 0.6) is 0 Å². The third-order valence-electron chi connectivity index (χ3n) is 5.45. The van der Waals surface area contributed by atoms with E-state index >= 15 is 0 Å². The van der Waals surface area contributed by atoms with Crippen molar-refractivity contribution in [1.29, 1.82) is 0 Å². The number of anilines is 1. The largest absolute Gasteiger partial charge is 0.481 e. The summed E-state index contributed by atoms with van der Waals surface area (Å²) in [6.45, 7) is 4.19. The molecule has 2 aromatic carbocycles. The molecule has 0 amide bonds. The van der Waals surface area contributed by atoms with Crippen molar-refractivity contribution in [3.63, 3.8) is 0 Å². The molecule has 0 bridgehead atoms. The fourth-order valence-corrected chi connectivity index (χ4v) is 4.25. The van der Waals surface area contributed by atoms with Gasteiger partial charge in [-0.2, -0.15) is 0 Å². The monoisotopic (exact) mass is 413 g/mol. The summed E-state index contributed by atoms with van der Waals surface area (Å²) in [5.41, 5.74) is 3.20. The summed E-state index contributed by atoms with van der Waals surface area (Å²) in [6.07, 6.45) is 0.990. The maximum absolute atomic E-state index is 13.5. The molecule has 1 aliphatic heterocycles. The molecule has 0 saturated heterocycles. The van der Waals surface area contributed by atoms with Gasteiger partial charge in [-0.15, -0.1) is 0 Å². The Bertz CT molecular complexity index is 896. The summed E-state index contributed by atoms with van der Waals surface area (Å²) in [5, 5.41) is 28.9. The highest BCUT2D eigenvalue weighted by Gasteiger charge is 2.38. The molecule has 0 aromatic heterocycles. The number of nitrogens with zero attached hydrogens (tertiary/aromatic N) is 1. The molecule has 4 unspecified atom stereocenters. The normalized spacial score (nSPS) is 20.5. The second kappa shape index (κ2) is 9.41. The molecular weight excluding hydrogens is 385 g/mol. The Morgan fingerprint density at radius 2 is 1.80 bits per heavy atom. The van der Waals surface area contributed by atoms with Crippen LogP contribution >= 0.6 is 0 Å². The summed E-state index contributed by atoms with van der Waals surface area (Å²) in [6, 6.07) is 14.6. The van der Waals surface area contributed by atoms with Crippen LogP contribution in [0.2, 0.25) is 0 Å². The molecule has 160 valence electrons. The number of aliphatic hydroxyl groups is 2. The van der Waals surface area contributed by atoms with E-state index in [1.165, 1.54) is 12.1 Å². The van der Waals surface area contributed by atoms with Gasteiger partial charge >= 0.3 is 5.97 Å². The van der Waals surface area contributed by atoms with Crippen LogP contribution in [0.1, 0.15) is 43.7 Å². The van der Waals surface area contributed by atoms with E-state index in [9.17, 15) is 19.4 Å². The van der Waals surface area contributed by atoms with E-state index in [4.69, 9.17) is 5.11 Å². The molecule has 1 heterocycles. The fourth-order valence-electron chi connectivity index (χ4n) is 4.25. The van der Waals surface area contributed by atoms with Crippen LogP contribution in [0.15, 0.2) is 60.7 Å². The van der Waals surface area contributed by atoms with Crippen molar-refractivity contribution in [1.82, 2.24) is 0 Å². The summed E-state index contributed by atoms with van der Waals surface area (Å²) in [5.74, 6) is -1.44. The van der Waals surface area contributed by atoms with Crippen molar-refractivity contribution < 1.29 is 24.5 Å². The Morgan fingerprint density at radius 1 is 1.13 bits per heavy atom. The number of hydrogen-bond donors (Lipinski definition) is 3. The van der Waals surface area contributed by atoms with Gasteiger partial charge in [-0.1, -0.05) is 42.5 Å². The van der Waals surface area contributed by atoms with Crippen LogP contribution in [-0.2, 0) is 4.79 Å². The Hall–Kier alpha value is -2.70. The molecule has 0 spiro atoms. The first-order valence-corrected chi connectivity index (χ1v) is 10.2. The zero-order valence-corrected chi connectivity index (χ0v) is 17.1. The first-order chi connectivity index (χ1) is 14.3. The van der Waals surface area contributed by atoms with E-state index in [1.54, 1.807) is 18.2 Å². The minimum absolute atomic E-state index is 0.0448. The Kier molecular flexibility index (Phi) is 6.90. The zero-order valence-electron chi connectivity index (χ0n) is 17.1. The van der Waals surface area contributed by atoms with Crippen molar-refractivity contribution in [2.24, 2.45) is 0 Å². The van der Waals surface area contributed by atoms with E-state index < -0.39 is 24.6 Å². The fraction of sp³-hybridized carbons (Fsp3) is 0.375. The van der Waals surface area contributed by atoms with Crippen LogP contribution in [-0.4, -0.2) is 45.6 Å². The van der Waals surface area contributed by atoms with Crippen molar-refractivity contribution in [3.8, 4) is 0 Å². The van der Waals surface area contributed by atoms with E-state index in [0.717, 1.165) is 16.8 Å². The molecule has 0 saturated carbocycles. The summed E-state index contributed by atoms with van der Waals surface area (Å²) in [7, 11) is 0. The maximum Gasteiger partial charge on any atom is 0.305 e. The number of hydrogen-bond acceptors (Lipinski definition) is 4. The molecule has 30 heavy (non-hydrogen) atoms. The van der Waals surface area contributed by atoms with Gasteiger partial charge in [0.15, 0.2) is 0 Å². The molecule has 2 aromatic rings. The minimum atomic E-state index is -1.11. The smallest absolute Gasteiger partial charge is 0.305 e. The standard InChI is InChI=1S/C24H28FNO4/c1-15(2)26-21-6-4-3-5-20(21)24(16-7-9-17(25)10-8-16)22(26)12-11-18(27)13-19(28)14-23(29)30/h3-12,15,18-19,22,24,27-28H,13-14H2,1-2H3,(H,29,30). The molecule has 0 radical (unpaired) electrons. The molecule has 1 aliphatic rings. The predicted molar refractivity (Wildman–Crippen MR) is 114 cm³/mol. The summed E-state index contributed by atoms with van der Waals surface area (Å²) in [4.78, 5) is 13.0. The van der Waals surface area contributed by atoms with Crippen LogP contribution in [0.4, 0.5) is 10.1 Å². The van der Waals surface area contributed by atoms with Crippen molar-refractivity contribution in [2.75, 3.05) is 4.90 Å². The third kappa shape index (κ3) is 4.89. The van der Waals surface area contributed by atoms with Gasteiger partial charge in [0.05, 0.1) is 24.7 Å². The molecular formula is C24H28FNO4. The number of carboxylic acids is 1. The molecule has 0 aliphatic carbocycles. The molecule has 3 rings (SSSR count). The maximum atomic E-state index is 13.5. The molecule has 0 fully saturated rings. The molecule has 3 N–H and O–H groups in total. The number of halogens is 1. The first kappa shape index (κ1) is 22.0. The lowest BCUT2D eigenvalue weighted by Gasteiger charge is -2.32. The zero-order chi connectivity index (χ0) is 21.8. The highest BCUT2D eigenvalue weighted by atomic mass is 19.1. The summed E-state index contributed by atoms with van der Waals surface area (Å²) < 4.78 is 13.5. The van der Waals surface area contributed by atoms with E-state index in [1.807, 2.05) is 18.2 Å². The van der Waals surface area contributed by atoms with Gasteiger partial charge in [0.25, 0.3) is 0 Å². The van der Waals surface area contributed by atoms with Crippen LogP contribution in [0.3, 0.4) is 0 Å². The number of fused-ring (bicyclic) bond motifs is 1. The van der Waals surface area contributed by atoms with Gasteiger partial charge in [-0.25, -0.2) is 4.39 Å². The van der Waals surface area contributed by atoms with Crippen molar-refractivity contribution in [2.45, 2.75) is 56.9 Å². The number of para-hydroxylation sites is 1. The second-order valence-electron chi connectivity index (χ2n) is 8.02. The molecule has 4 atom stereocenters. The Balaban J connectivity index is 1.92. The topological polar surface area (TPSA) is 81.0 Å². The van der Waals surface area contributed by atoms with Crippen LogP contribution < -0.4 is 4.90 Å². The number of aliphatic hydroxyl groups excluding tert-OH is 2. The SMILES string of the molecule is CC(C)N1c2ccccc2C(c2ccc(F)cc2)C1C=CC(O)CC(O)CC(=O)O. The average molecular weight is 413 g/mol. The lowest BCUT2D eigenvalue weighted by atomic mass is 9.87. The van der Waals surface area contributed by atoms with Crippen LogP contribution in [0, 0.1) is 5.82 Å². The third-order valence-corrected chi connectivity index (χ3v) is 5.45. The number of benzene rings is 2. The van der Waals surface area contributed by atoms with E-state index in [-0.39, 0.29) is 30.2 Å². The van der Waals surface area contributed by atoms with Gasteiger partial charge in [0.2, 0.25) is 0 Å². The second-order valence-corrected chi connectivity index (χ2v) is 8.02. The lowest BCUT2D eigenvalue weighted by molar-refractivity contribution is -0.139. The quantitative estimate of drug-likeness (QED) is 0.575. The van der Waals surface area contributed by atoms with Gasteiger partial charge in [0.1, 0.15) is 5.82 Å². The average Bonchev–Trinajstić information content (AvgIpc) is 3.00. The number of rotatable bonds is 8. The predicted octanol–water partition coefficient (Wildman–Crippen LogP) is 3.70. The van der Waals surface area contributed by atoms with E-state index in [2.05, 4.69) is 30.9 Å². The molecule has 5 nitrogen and oxygen atoms in total. The van der Waals surface area contributed by atoms with Gasteiger partial charge < -0.3 is 20.2 Å². The Labute approximate surface area is 176 Å². The number of aliphatic carboxylic acids is 1. The van der Waals surface area contributed by atoms with Gasteiger partial charge in [-0.3, -0.25) is 4.79 Å². The molecule has 6 heteroatoms. The van der Waals surface area contributed by atoms with E-state index in [0.29, 0.717) is 0 Å². The summed E-state index contributed by atoms with van der Waals surface area (Å²) >= 11 is 0. The highest BCUT2D eigenvalue weighted by molar-refractivity contribution is 5.67. The Morgan fingerprint density at radius 3 is 2.43 bits per heavy atom. The number of carbonyl (C=O) groups is 1. The lowest BCUT2D eigenvalue weighted by Crippen LogP contribution is -2.38. The van der Waals surface area contributed by atoms with Crippen molar-refractivity contribution >= 4 is 11.7 Å². The minimum Gasteiger partial charge on any atom is -0.481 e. The highest BCUT2D eigenvalue weighted by Crippen LogP contribution is 2.46. The van der Waals surface area contributed by atoms with Crippen molar-refractivity contribution in [3.05, 3.63) is 77.6 Å².